The van der Waals surface area contributed by atoms with Gasteiger partial charge in [0.1, 0.15) is 0 Å². The number of fused-ring (bicyclic) bond motifs is 1. The van der Waals surface area contributed by atoms with Gasteiger partial charge in [-0.2, -0.15) is 0 Å². The van der Waals surface area contributed by atoms with E-state index < -0.39 is 0 Å². The Kier molecular flexibility index (Phi) is 4.02. The lowest BCUT2D eigenvalue weighted by molar-refractivity contribution is 0.0803. The topological polar surface area (TPSA) is 33.2 Å². The van der Waals surface area contributed by atoms with E-state index in [0.29, 0.717) is 29.2 Å². The van der Waals surface area contributed by atoms with E-state index in [1.54, 1.807) is 6.07 Å². The summed E-state index contributed by atoms with van der Waals surface area (Å²) in [5, 5.41) is 1.44. The predicted molar refractivity (Wildman–Crippen MR) is 102 cm³/mol. The second-order valence-electron chi connectivity index (χ2n) is 6.26. The lowest BCUT2D eigenvalue weighted by atomic mass is 10.1. The van der Waals surface area contributed by atoms with Gasteiger partial charge in [-0.1, -0.05) is 54.1 Å². The number of aryl methyl sites for hydroxylation is 1. The van der Waals surface area contributed by atoms with Crippen molar-refractivity contribution in [1.82, 2.24) is 9.88 Å². The zero-order valence-corrected chi connectivity index (χ0v) is 14.6. The molecule has 2 aromatic carbocycles. The third-order valence-corrected chi connectivity index (χ3v) is 4.70. The van der Waals surface area contributed by atoms with Crippen LogP contribution in [0.25, 0.3) is 16.5 Å². The molecule has 0 unspecified atom stereocenters. The molecule has 3 nitrogen and oxygen atoms in total. The Hall–Kier alpha value is -2.65. The number of benzene rings is 2. The molecule has 2 heterocycles. The van der Waals surface area contributed by atoms with Crippen molar-refractivity contribution >= 4 is 34.0 Å². The van der Waals surface area contributed by atoms with Crippen LogP contribution in [-0.2, 0) is 0 Å². The SMILES string of the molecule is Cc1ccc2cc(Cl)cc(C(=O)N3CC=C(c4ccccc4)C3)c2n1. The number of rotatable bonds is 2. The van der Waals surface area contributed by atoms with E-state index in [-0.39, 0.29) is 5.91 Å². The smallest absolute Gasteiger partial charge is 0.256 e. The molecular formula is C21H17ClN2O. The molecule has 0 N–H and O–H groups in total. The maximum Gasteiger partial charge on any atom is 0.256 e. The summed E-state index contributed by atoms with van der Waals surface area (Å²) >= 11 is 6.23. The molecule has 1 aliphatic heterocycles. The van der Waals surface area contributed by atoms with Crippen molar-refractivity contribution in [3.63, 3.8) is 0 Å². The molecule has 0 atom stereocenters. The molecule has 1 aliphatic rings. The van der Waals surface area contributed by atoms with Gasteiger partial charge in [0.15, 0.2) is 0 Å². The molecule has 0 radical (unpaired) electrons. The van der Waals surface area contributed by atoms with E-state index in [1.165, 1.54) is 5.57 Å². The number of nitrogens with zero attached hydrogens (tertiary/aromatic N) is 2. The van der Waals surface area contributed by atoms with Crippen molar-refractivity contribution in [1.29, 1.82) is 0 Å². The van der Waals surface area contributed by atoms with Gasteiger partial charge in [-0.05, 0) is 36.3 Å². The molecule has 1 aromatic heterocycles. The van der Waals surface area contributed by atoms with Crippen LogP contribution in [0.2, 0.25) is 5.02 Å². The van der Waals surface area contributed by atoms with Crippen molar-refractivity contribution in [3.05, 3.63) is 82.5 Å². The lowest BCUT2D eigenvalue weighted by Gasteiger charge is -2.18. The highest BCUT2D eigenvalue weighted by Gasteiger charge is 2.24. The molecule has 3 aromatic rings. The molecule has 0 bridgehead atoms. The third-order valence-electron chi connectivity index (χ3n) is 4.48. The van der Waals surface area contributed by atoms with E-state index in [1.807, 2.05) is 48.2 Å². The van der Waals surface area contributed by atoms with Gasteiger partial charge < -0.3 is 4.90 Å². The number of aromatic nitrogens is 1. The van der Waals surface area contributed by atoms with Crippen LogP contribution in [0, 0.1) is 6.92 Å². The highest BCUT2D eigenvalue weighted by molar-refractivity contribution is 6.32. The highest BCUT2D eigenvalue weighted by atomic mass is 35.5. The minimum absolute atomic E-state index is 0.0345. The fourth-order valence-electron chi connectivity index (χ4n) is 3.20. The van der Waals surface area contributed by atoms with Crippen molar-refractivity contribution in [2.45, 2.75) is 6.92 Å². The van der Waals surface area contributed by atoms with Crippen LogP contribution in [0.5, 0.6) is 0 Å². The molecule has 25 heavy (non-hydrogen) atoms. The van der Waals surface area contributed by atoms with Gasteiger partial charge >= 0.3 is 0 Å². The summed E-state index contributed by atoms with van der Waals surface area (Å²) in [6.07, 6.45) is 2.11. The zero-order valence-electron chi connectivity index (χ0n) is 13.9. The van der Waals surface area contributed by atoms with Gasteiger partial charge in [0.05, 0.1) is 11.1 Å². The van der Waals surface area contributed by atoms with E-state index >= 15 is 0 Å². The second-order valence-corrected chi connectivity index (χ2v) is 6.70. The van der Waals surface area contributed by atoms with Gasteiger partial charge in [0.2, 0.25) is 0 Å². The number of pyridine rings is 1. The number of carbonyl (C=O) groups excluding carboxylic acids is 1. The third kappa shape index (κ3) is 3.03. The molecule has 0 saturated heterocycles. The van der Waals surface area contributed by atoms with Crippen LogP contribution in [0.15, 0.2) is 60.7 Å². The second kappa shape index (κ2) is 6.34. The van der Waals surface area contributed by atoms with Crippen LogP contribution in [0.3, 0.4) is 0 Å². The predicted octanol–water partition coefficient (Wildman–Crippen LogP) is 4.74. The monoisotopic (exact) mass is 348 g/mol. The Bertz CT molecular complexity index is 995. The minimum atomic E-state index is -0.0345. The molecule has 0 saturated carbocycles. The fourth-order valence-corrected chi connectivity index (χ4v) is 3.43. The Morgan fingerprint density at radius 3 is 2.72 bits per heavy atom. The van der Waals surface area contributed by atoms with Gasteiger partial charge in [0, 0.05) is 29.2 Å². The largest absolute Gasteiger partial charge is 0.330 e. The number of carbonyl (C=O) groups is 1. The van der Waals surface area contributed by atoms with Gasteiger partial charge in [-0.25, -0.2) is 0 Å². The van der Waals surface area contributed by atoms with Crippen LogP contribution < -0.4 is 0 Å². The number of hydrogen-bond acceptors (Lipinski definition) is 2. The quantitative estimate of drug-likeness (QED) is 0.670. The maximum absolute atomic E-state index is 13.1. The van der Waals surface area contributed by atoms with Gasteiger partial charge in [0.25, 0.3) is 5.91 Å². The minimum Gasteiger partial charge on any atom is -0.330 e. The molecule has 4 rings (SSSR count). The highest BCUT2D eigenvalue weighted by Crippen LogP contribution is 2.27. The lowest BCUT2D eigenvalue weighted by Crippen LogP contribution is -2.29. The van der Waals surface area contributed by atoms with Crippen LogP contribution >= 0.6 is 11.6 Å². The first-order chi connectivity index (χ1) is 12.1. The first-order valence-corrected chi connectivity index (χ1v) is 8.60. The molecule has 4 heteroatoms. The van der Waals surface area contributed by atoms with Crippen LogP contribution in [0.1, 0.15) is 21.6 Å². The summed E-state index contributed by atoms with van der Waals surface area (Å²) in [5.41, 5.74) is 4.48. The normalized spacial score (nSPS) is 14.0. The first-order valence-electron chi connectivity index (χ1n) is 8.22. The van der Waals surface area contributed by atoms with Crippen molar-refractivity contribution in [2.24, 2.45) is 0 Å². The summed E-state index contributed by atoms with van der Waals surface area (Å²) in [6.45, 7) is 3.12. The molecule has 1 amide bonds. The summed E-state index contributed by atoms with van der Waals surface area (Å²) in [4.78, 5) is 19.5. The first kappa shape index (κ1) is 15.9. The fraction of sp³-hybridized carbons (Fsp3) is 0.143. The van der Waals surface area contributed by atoms with E-state index in [4.69, 9.17) is 11.6 Å². The maximum atomic E-state index is 13.1. The Morgan fingerprint density at radius 2 is 1.92 bits per heavy atom. The molecule has 0 fully saturated rings. The zero-order chi connectivity index (χ0) is 17.4. The molecular weight excluding hydrogens is 332 g/mol. The summed E-state index contributed by atoms with van der Waals surface area (Å²) in [5.74, 6) is -0.0345. The van der Waals surface area contributed by atoms with Crippen molar-refractivity contribution < 1.29 is 4.79 Å². The van der Waals surface area contributed by atoms with E-state index in [2.05, 4.69) is 23.2 Å². The summed E-state index contributed by atoms with van der Waals surface area (Å²) < 4.78 is 0. The number of hydrogen-bond donors (Lipinski definition) is 0. The van der Waals surface area contributed by atoms with E-state index in [0.717, 1.165) is 16.6 Å². The average Bonchev–Trinajstić information content (AvgIpc) is 3.12. The Morgan fingerprint density at radius 1 is 1.12 bits per heavy atom. The number of halogens is 1. The molecule has 124 valence electrons. The molecule has 0 aliphatic carbocycles. The van der Waals surface area contributed by atoms with Gasteiger partial charge in [-0.3, -0.25) is 9.78 Å². The van der Waals surface area contributed by atoms with Crippen molar-refractivity contribution in [3.8, 4) is 0 Å². The van der Waals surface area contributed by atoms with Crippen LogP contribution in [0.4, 0.5) is 0 Å². The summed E-state index contributed by atoms with van der Waals surface area (Å²) in [6, 6.07) is 17.6. The van der Waals surface area contributed by atoms with Gasteiger partial charge in [-0.15, -0.1) is 0 Å². The Labute approximate surface area is 151 Å². The number of amides is 1. The average molecular weight is 349 g/mol. The molecule has 0 spiro atoms. The van der Waals surface area contributed by atoms with Crippen molar-refractivity contribution in [2.75, 3.05) is 13.1 Å². The van der Waals surface area contributed by atoms with E-state index in [9.17, 15) is 4.79 Å². The summed E-state index contributed by atoms with van der Waals surface area (Å²) in [7, 11) is 0. The Balaban J connectivity index is 1.67. The standard InChI is InChI=1S/C21H17ClN2O/c1-14-7-8-16-11-18(22)12-19(20(16)23-14)21(25)24-10-9-17(13-24)15-5-3-2-4-6-15/h2-9,11-12H,10,13H2,1H3. The van der Waals surface area contributed by atoms with Crippen LogP contribution in [-0.4, -0.2) is 28.9 Å².